The van der Waals surface area contributed by atoms with Gasteiger partial charge in [0, 0.05) is 0 Å². The van der Waals surface area contributed by atoms with E-state index in [1.807, 2.05) is 0 Å². The standard InChI is InChI=1S/C16H27N5O4Si/c1-16(2,3)26(4,5)24-6-9-11(22)12(23)15(25-9)21-8-20-10-13(17)18-7-19-14(10)21/h7-9,11-12,15,22-23H,6H2,1-5H3,(H2,17,18,19)/t9-,11-,12+,15-/m0/s1. The minimum Gasteiger partial charge on any atom is -0.414 e. The first-order chi connectivity index (χ1) is 12.0. The Bertz CT molecular complexity index is 791. The molecule has 0 radical (unpaired) electrons. The lowest BCUT2D eigenvalue weighted by Gasteiger charge is -2.37. The van der Waals surface area contributed by atoms with Crippen LogP contribution < -0.4 is 5.73 Å². The SMILES string of the molecule is CC(C)(C)[Si](C)(C)OC[C@@H]1O[C@H](n2cnc3c(N)ncnc32)[C@H](O)[C@H]1O. The highest BCUT2D eigenvalue weighted by atomic mass is 28.4. The Hall–Kier alpha value is -1.59. The Labute approximate surface area is 153 Å². The largest absolute Gasteiger partial charge is 0.414 e. The van der Waals surface area contributed by atoms with Crippen molar-refractivity contribution in [1.29, 1.82) is 0 Å². The van der Waals surface area contributed by atoms with Crippen molar-refractivity contribution in [3.05, 3.63) is 12.7 Å². The number of hydrogen-bond acceptors (Lipinski definition) is 8. The summed E-state index contributed by atoms with van der Waals surface area (Å²) in [4.78, 5) is 12.2. The minimum absolute atomic E-state index is 0.0452. The Morgan fingerprint density at radius 3 is 2.58 bits per heavy atom. The molecule has 3 rings (SSSR count). The van der Waals surface area contributed by atoms with E-state index in [0.717, 1.165) is 0 Å². The number of aliphatic hydroxyl groups excluding tert-OH is 2. The van der Waals surface area contributed by atoms with E-state index in [-0.39, 0.29) is 17.5 Å². The summed E-state index contributed by atoms with van der Waals surface area (Å²) in [6.07, 6.45) is -0.852. The van der Waals surface area contributed by atoms with Gasteiger partial charge in [-0.15, -0.1) is 0 Å². The number of nitrogen functional groups attached to an aromatic ring is 1. The average Bonchev–Trinajstić information content (AvgIpc) is 3.08. The van der Waals surface area contributed by atoms with Crippen LogP contribution in [-0.4, -0.2) is 63.0 Å². The molecule has 0 amide bonds. The van der Waals surface area contributed by atoms with Crippen LogP contribution in [0.5, 0.6) is 0 Å². The predicted octanol–water partition coefficient (Wildman–Crippen LogP) is 1.05. The van der Waals surface area contributed by atoms with Crippen molar-refractivity contribution in [2.24, 2.45) is 0 Å². The summed E-state index contributed by atoms with van der Waals surface area (Å²) in [6, 6.07) is 0. The van der Waals surface area contributed by atoms with Gasteiger partial charge in [-0.2, -0.15) is 0 Å². The smallest absolute Gasteiger partial charge is 0.192 e. The summed E-state index contributed by atoms with van der Waals surface area (Å²) in [7, 11) is -1.99. The maximum atomic E-state index is 10.5. The van der Waals surface area contributed by atoms with Crippen molar-refractivity contribution in [3.8, 4) is 0 Å². The monoisotopic (exact) mass is 381 g/mol. The molecule has 1 aliphatic heterocycles. The average molecular weight is 382 g/mol. The van der Waals surface area contributed by atoms with Gasteiger partial charge in [0.25, 0.3) is 0 Å². The highest BCUT2D eigenvalue weighted by molar-refractivity contribution is 6.74. The third-order valence-corrected chi connectivity index (χ3v) is 9.91. The van der Waals surface area contributed by atoms with Gasteiger partial charge in [0.05, 0.1) is 12.9 Å². The van der Waals surface area contributed by atoms with Gasteiger partial charge in [-0.25, -0.2) is 15.0 Å². The summed E-state index contributed by atoms with van der Waals surface area (Å²) < 4.78 is 13.6. The van der Waals surface area contributed by atoms with Crippen LogP contribution in [0.2, 0.25) is 18.1 Å². The fourth-order valence-electron chi connectivity index (χ4n) is 2.66. The van der Waals surface area contributed by atoms with Crippen molar-refractivity contribution < 1.29 is 19.4 Å². The quantitative estimate of drug-likeness (QED) is 0.670. The van der Waals surface area contributed by atoms with E-state index < -0.39 is 32.9 Å². The Balaban J connectivity index is 1.78. The number of aliphatic hydroxyl groups is 2. The Morgan fingerprint density at radius 2 is 1.92 bits per heavy atom. The van der Waals surface area contributed by atoms with E-state index in [4.69, 9.17) is 14.9 Å². The third kappa shape index (κ3) is 3.23. The Kier molecular flexibility index (Phi) is 4.82. The summed E-state index contributed by atoms with van der Waals surface area (Å²) in [5.41, 5.74) is 6.67. The van der Waals surface area contributed by atoms with E-state index >= 15 is 0 Å². The van der Waals surface area contributed by atoms with Crippen LogP contribution in [0.1, 0.15) is 27.0 Å². The molecule has 2 aromatic rings. The maximum absolute atomic E-state index is 10.5. The molecule has 0 aromatic carbocycles. The number of nitrogens with zero attached hydrogens (tertiary/aromatic N) is 4. The van der Waals surface area contributed by atoms with Crippen LogP contribution in [0.15, 0.2) is 12.7 Å². The summed E-state index contributed by atoms with van der Waals surface area (Å²) in [5, 5.41) is 20.9. The number of anilines is 1. The molecule has 3 heterocycles. The second kappa shape index (κ2) is 6.53. The van der Waals surface area contributed by atoms with Crippen molar-refractivity contribution in [2.45, 2.75) is 63.4 Å². The molecule has 1 saturated heterocycles. The summed E-state index contributed by atoms with van der Waals surface area (Å²) >= 11 is 0. The van der Waals surface area contributed by atoms with Crippen LogP contribution in [0.4, 0.5) is 5.82 Å². The lowest BCUT2D eigenvalue weighted by atomic mass is 10.1. The van der Waals surface area contributed by atoms with E-state index in [1.165, 1.54) is 12.7 Å². The van der Waals surface area contributed by atoms with Crippen molar-refractivity contribution >= 4 is 25.3 Å². The zero-order chi connectivity index (χ0) is 19.3. The molecule has 4 N–H and O–H groups in total. The molecule has 1 aliphatic rings. The molecular weight excluding hydrogens is 354 g/mol. The molecular formula is C16H27N5O4Si. The second-order valence-electron chi connectivity index (χ2n) is 8.20. The molecule has 0 spiro atoms. The lowest BCUT2D eigenvalue weighted by molar-refractivity contribution is -0.0491. The van der Waals surface area contributed by atoms with Crippen LogP contribution in [0.25, 0.3) is 11.2 Å². The van der Waals surface area contributed by atoms with Crippen LogP contribution >= 0.6 is 0 Å². The predicted molar refractivity (Wildman–Crippen MR) is 98.8 cm³/mol. The number of fused-ring (bicyclic) bond motifs is 1. The van der Waals surface area contributed by atoms with E-state index in [9.17, 15) is 10.2 Å². The van der Waals surface area contributed by atoms with E-state index in [2.05, 4.69) is 48.8 Å². The van der Waals surface area contributed by atoms with Gasteiger partial charge in [0.1, 0.15) is 30.2 Å². The zero-order valence-electron chi connectivity index (χ0n) is 15.7. The molecule has 144 valence electrons. The molecule has 0 saturated carbocycles. The van der Waals surface area contributed by atoms with Crippen LogP contribution in [0.3, 0.4) is 0 Å². The minimum atomic E-state index is -1.99. The topological polar surface area (TPSA) is 129 Å². The molecule has 9 nitrogen and oxygen atoms in total. The third-order valence-electron chi connectivity index (χ3n) is 5.41. The number of hydrogen-bond donors (Lipinski definition) is 3. The van der Waals surface area contributed by atoms with Gasteiger partial charge in [-0.05, 0) is 18.1 Å². The number of ether oxygens (including phenoxy) is 1. The summed E-state index contributed by atoms with van der Waals surface area (Å²) in [6.45, 7) is 10.9. The second-order valence-corrected chi connectivity index (χ2v) is 13.0. The number of rotatable bonds is 4. The fraction of sp³-hybridized carbons (Fsp3) is 0.688. The first-order valence-electron chi connectivity index (χ1n) is 8.61. The molecule has 0 bridgehead atoms. The highest BCUT2D eigenvalue weighted by Crippen LogP contribution is 2.38. The first-order valence-corrected chi connectivity index (χ1v) is 11.5. The maximum Gasteiger partial charge on any atom is 0.192 e. The fourth-order valence-corrected chi connectivity index (χ4v) is 3.67. The van der Waals surface area contributed by atoms with Gasteiger partial charge in [-0.1, -0.05) is 20.8 Å². The number of imidazole rings is 1. The molecule has 0 aliphatic carbocycles. The van der Waals surface area contributed by atoms with Gasteiger partial charge in [-0.3, -0.25) is 4.57 Å². The molecule has 10 heteroatoms. The van der Waals surface area contributed by atoms with Gasteiger partial charge in [0.2, 0.25) is 0 Å². The molecule has 0 unspecified atom stereocenters. The molecule has 1 fully saturated rings. The van der Waals surface area contributed by atoms with Crippen molar-refractivity contribution in [2.75, 3.05) is 12.3 Å². The van der Waals surface area contributed by atoms with Gasteiger partial charge < -0.3 is 25.1 Å². The van der Waals surface area contributed by atoms with Crippen molar-refractivity contribution in [3.63, 3.8) is 0 Å². The van der Waals surface area contributed by atoms with Crippen LogP contribution in [0, 0.1) is 0 Å². The van der Waals surface area contributed by atoms with Crippen molar-refractivity contribution in [1.82, 2.24) is 19.5 Å². The molecule has 2 aromatic heterocycles. The van der Waals surface area contributed by atoms with Gasteiger partial charge in [0.15, 0.2) is 26.0 Å². The van der Waals surface area contributed by atoms with Crippen LogP contribution in [-0.2, 0) is 9.16 Å². The molecule has 4 atom stereocenters. The first kappa shape index (κ1) is 19.2. The Morgan fingerprint density at radius 1 is 1.23 bits per heavy atom. The highest BCUT2D eigenvalue weighted by Gasteiger charge is 2.46. The van der Waals surface area contributed by atoms with E-state index in [1.54, 1.807) is 4.57 Å². The number of aromatic nitrogens is 4. The van der Waals surface area contributed by atoms with Gasteiger partial charge >= 0.3 is 0 Å². The molecule has 26 heavy (non-hydrogen) atoms. The normalized spacial score (nSPS) is 27.3. The summed E-state index contributed by atoms with van der Waals surface area (Å²) in [5.74, 6) is 0.250. The number of nitrogens with two attached hydrogens (primary N) is 1. The lowest BCUT2D eigenvalue weighted by Crippen LogP contribution is -2.44. The van der Waals surface area contributed by atoms with E-state index in [0.29, 0.717) is 11.2 Å². The zero-order valence-corrected chi connectivity index (χ0v) is 16.7.